The van der Waals surface area contributed by atoms with Crippen LogP contribution in [-0.4, -0.2) is 51.9 Å². The van der Waals surface area contributed by atoms with Gasteiger partial charge in [0.15, 0.2) is 0 Å². The second-order valence-corrected chi connectivity index (χ2v) is 8.71. The van der Waals surface area contributed by atoms with Gasteiger partial charge in [-0.25, -0.2) is 13.8 Å². The highest BCUT2D eigenvalue weighted by molar-refractivity contribution is 5.96. The third kappa shape index (κ3) is 4.57. The second kappa shape index (κ2) is 9.38. The van der Waals surface area contributed by atoms with Gasteiger partial charge in [0.25, 0.3) is 5.91 Å². The fraction of sp³-hybridized carbons (Fsp3) is 0.222. The number of nitrogens with zero attached hydrogens (tertiary/aromatic N) is 3. The topological polar surface area (TPSA) is 69.3 Å². The van der Waals surface area contributed by atoms with Crippen molar-refractivity contribution in [3.63, 3.8) is 0 Å². The average molecular weight is 475 g/mol. The van der Waals surface area contributed by atoms with Gasteiger partial charge in [0.2, 0.25) is 5.43 Å². The summed E-state index contributed by atoms with van der Waals surface area (Å²) in [5.41, 5.74) is 2.75. The number of pyridine rings is 2. The summed E-state index contributed by atoms with van der Waals surface area (Å²) >= 11 is 0. The van der Waals surface area contributed by atoms with E-state index in [1.54, 1.807) is 41.3 Å². The first-order valence-corrected chi connectivity index (χ1v) is 11.4. The molecule has 178 valence electrons. The molecule has 1 amide bonds. The van der Waals surface area contributed by atoms with Crippen LogP contribution in [0.3, 0.4) is 0 Å². The first kappa shape index (κ1) is 22.9. The Kier molecular flexibility index (Phi) is 6.13. The highest BCUT2D eigenvalue weighted by atomic mass is 19.1. The number of rotatable bonds is 4. The minimum Gasteiger partial charge on any atom is -0.345 e. The molecule has 8 heteroatoms. The number of carbonyl (C=O) groups excluding carboxylic acids is 1. The van der Waals surface area contributed by atoms with Crippen molar-refractivity contribution in [2.45, 2.75) is 13.0 Å². The quantitative estimate of drug-likeness (QED) is 0.485. The lowest BCUT2D eigenvalue weighted by Gasteiger charge is -2.39. The van der Waals surface area contributed by atoms with Crippen LogP contribution in [0.2, 0.25) is 0 Å². The first-order chi connectivity index (χ1) is 16.9. The standard InChI is InChI=1S/C27H24F2N4O2/c1-17-2-11-22-25(34)23(16-30-26(22)31-17)27(35)33-14-12-32(13-15-33)24(18-3-7-20(28)8-4-18)19-5-9-21(29)10-6-19/h2-11,16,24H,12-15H2,1H3,(H,30,31,34). The maximum atomic E-state index is 13.6. The third-order valence-corrected chi connectivity index (χ3v) is 6.45. The number of aromatic amines is 1. The molecule has 4 aromatic rings. The number of amides is 1. The van der Waals surface area contributed by atoms with E-state index in [4.69, 9.17) is 0 Å². The number of hydrogen-bond donors (Lipinski definition) is 1. The summed E-state index contributed by atoms with van der Waals surface area (Å²) in [6.45, 7) is 3.75. The molecule has 1 saturated heterocycles. The van der Waals surface area contributed by atoms with Gasteiger partial charge in [-0.3, -0.25) is 14.5 Å². The summed E-state index contributed by atoms with van der Waals surface area (Å²) in [7, 11) is 0. The molecule has 1 aliphatic heterocycles. The second-order valence-electron chi connectivity index (χ2n) is 8.71. The van der Waals surface area contributed by atoms with Crippen molar-refractivity contribution >= 4 is 16.9 Å². The van der Waals surface area contributed by atoms with E-state index >= 15 is 0 Å². The van der Waals surface area contributed by atoms with Crippen molar-refractivity contribution in [3.8, 4) is 0 Å². The van der Waals surface area contributed by atoms with E-state index in [-0.39, 0.29) is 34.6 Å². The van der Waals surface area contributed by atoms with Crippen molar-refractivity contribution in [3.05, 3.63) is 111 Å². The lowest BCUT2D eigenvalue weighted by molar-refractivity contribution is 0.0596. The fourth-order valence-electron chi connectivity index (χ4n) is 4.62. The third-order valence-electron chi connectivity index (χ3n) is 6.45. The van der Waals surface area contributed by atoms with Gasteiger partial charge in [0.1, 0.15) is 22.8 Å². The minimum absolute atomic E-state index is 0.0882. The van der Waals surface area contributed by atoms with Gasteiger partial charge in [-0.05, 0) is 54.4 Å². The Morgan fingerprint density at radius 3 is 2.03 bits per heavy atom. The van der Waals surface area contributed by atoms with E-state index < -0.39 is 0 Å². The molecule has 5 rings (SSSR count). The van der Waals surface area contributed by atoms with Crippen LogP contribution in [0.1, 0.15) is 33.2 Å². The van der Waals surface area contributed by atoms with Crippen LogP contribution < -0.4 is 5.43 Å². The molecule has 6 nitrogen and oxygen atoms in total. The van der Waals surface area contributed by atoms with Gasteiger partial charge in [-0.1, -0.05) is 24.3 Å². The van der Waals surface area contributed by atoms with Crippen LogP contribution in [-0.2, 0) is 0 Å². The Bertz CT molecular complexity index is 1380. The number of piperazine rings is 1. The van der Waals surface area contributed by atoms with Crippen molar-refractivity contribution in [1.82, 2.24) is 19.8 Å². The smallest absolute Gasteiger partial charge is 0.259 e. The number of hydrogen-bond acceptors (Lipinski definition) is 4. The minimum atomic E-state index is -0.339. The zero-order valence-corrected chi connectivity index (χ0v) is 19.2. The molecule has 0 spiro atoms. The molecule has 0 saturated carbocycles. The highest BCUT2D eigenvalue weighted by Crippen LogP contribution is 2.30. The molecule has 1 N–H and O–H groups in total. The van der Waals surface area contributed by atoms with Crippen LogP contribution in [0.15, 0.2) is 71.7 Å². The van der Waals surface area contributed by atoms with Crippen molar-refractivity contribution in [2.75, 3.05) is 26.2 Å². The maximum absolute atomic E-state index is 13.6. The predicted molar refractivity (Wildman–Crippen MR) is 129 cm³/mol. The number of benzene rings is 2. The molecule has 0 unspecified atom stereocenters. The molecular formula is C27H24F2N4O2. The molecule has 0 radical (unpaired) electrons. The van der Waals surface area contributed by atoms with Crippen LogP contribution in [0.5, 0.6) is 0 Å². The van der Waals surface area contributed by atoms with Gasteiger partial charge in [-0.15, -0.1) is 0 Å². The molecule has 0 aliphatic carbocycles. The van der Waals surface area contributed by atoms with Gasteiger partial charge >= 0.3 is 0 Å². The summed E-state index contributed by atoms with van der Waals surface area (Å²) in [5, 5.41) is 0.382. The maximum Gasteiger partial charge on any atom is 0.259 e. The zero-order chi connectivity index (χ0) is 24.5. The lowest BCUT2D eigenvalue weighted by atomic mass is 9.96. The van der Waals surface area contributed by atoms with Gasteiger partial charge in [-0.2, -0.15) is 0 Å². The fourth-order valence-corrected chi connectivity index (χ4v) is 4.62. The molecule has 0 atom stereocenters. The molecule has 0 bridgehead atoms. The molecule has 1 fully saturated rings. The molecule has 2 aromatic carbocycles. The van der Waals surface area contributed by atoms with E-state index in [9.17, 15) is 18.4 Å². The summed E-state index contributed by atoms with van der Waals surface area (Å²) in [6.07, 6.45) is 1.44. The largest absolute Gasteiger partial charge is 0.345 e. The zero-order valence-electron chi connectivity index (χ0n) is 19.2. The van der Waals surface area contributed by atoms with Crippen molar-refractivity contribution in [1.29, 1.82) is 0 Å². The molecular weight excluding hydrogens is 450 g/mol. The lowest BCUT2D eigenvalue weighted by Crippen LogP contribution is -2.50. The van der Waals surface area contributed by atoms with E-state index in [0.717, 1.165) is 16.8 Å². The van der Waals surface area contributed by atoms with Crippen molar-refractivity contribution < 1.29 is 13.6 Å². The van der Waals surface area contributed by atoms with E-state index in [1.165, 1.54) is 30.5 Å². The van der Waals surface area contributed by atoms with Crippen LogP contribution in [0.25, 0.3) is 11.0 Å². The summed E-state index contributed by atoms with van der Waals surface area (Å²) < 4.78 is 27.1. The number of aryl methyl sites for hydroxylation is 1. The normalized spacial score (nSPS) is 14.6. The summed E-state index contributed by atoms with van der Waals surface area (Å²) in [4.78, 5) is 37.3. The Morgan fingerprint density at radius 2 is 1.46 bits per heavy atom. The molecule has 3 heterocycles. The average Bonchev–Trinajstić information content (AvgIpc) is 2.87. The Labute approximate surface area is 200 Å². The Hall–Kier alpha value is -3.91. The summed E-state index contributed by atoms with van der Waals surface area (Å²) in [6, 6.07) is 15.8. The number of halogens is 2. The monoisotopic (exact) mass is 474 g/mol. The van der Waals surface area contributed by atoms with Gasteiger partial charge in [0.05, 0.1) is 11.4 Å². The number of nitrogens with one attached hydrogen (secondary N) is 1. The predicted octanol–water partition coefficient (Wildman–Crippen LogP) is 4.06. The number of aromatic nitrogens is 2. The van der Waals surface area contributed by atoms with E-state index in [2.05, 4.69) is 14.9 Å². The molecule has 1 aliphatic rings. The number of H-pyrrole nitrogens is 1. The summed E-state index contributed by atoms with van der Waals surface area (Å²) in [5.74, 6) is -0.977. The van der Waals surface area contributed by atoms with Crippen molar-refractivity contribution in [2.24, 2.45) is 0 Å². The Morgan fingerprint density at radius 1 is 0.886 bits per heavy atom. The van der Waals surface area contributed by atoms with Crippen LogP contribution >= 0.6 is 0 Å². The van der Waals surface area contributed by atoms with Gasteiger partial charge < -0.3 is 9.88 Å². The highest BCUT2D eigenvalue weighted by Gasteiger charge is 2.29. The number of carbonyl (C=O) groups is 1. The molecule has 35 heavy (non-hydrogen) atoms. The number of fused-ring (bicyclic) bond motifs is 1. The van der Waals surface area contributed by atoms with Crippen LogP contribution in [0, 0.1) is 18.6 Å². The Balaban J connectivity index is 1.37. The molecule has 2 aromatic heterocycles. The van der Waals surface area contributed by atoms with Gasteiger partial charge in [0, 0.05) is 38.1 Å². The van der Waals surface area contributed by atoms with E-state index in [1.807, 2.05) is 6.92 Å². The SMILES string of the molecule is Cc1ccc2c(=O)c(C(=O)N3CCN(C(c4ccc(F)cc4)c4ccc(F)cc4)CC3)c[nH]c2n1. The van der Waals surface area contributed by atoms with E-state index in [0.29, 0.717) is 37.2 Å². The first-order valence-electron chi connectivity index (χ1n) is 11.4. The van der Waals surface area contributed by atoms with Crippen LogP contribution in [0.4, 0.5) is 8.78 Å².